The molecule has 1 N–H and O–H groups in total. The number of carbonyl (C=O) groups is 1. The summed E-state index contributed by atoms with van der Waals surface area (Å²) in [6.07, 6.45) is 4.22. The van der Waals surface area contributed by atoms with Gasteiger partial charge < -0.3 is 10.1 Å². The molecule has 0 aliphatic heterocycles. The lowest BCUT2D eigenvalue weighted by Crippen LogP contribution is -2.39. The molecule has 2 unspecified atom stereocenters. The van der Waals surface area contributed by atoms with Crippen LogP contribution in [0.2, 0.25) is 0 Å². The maximum absolute atomic E-state index is 11.6. The fraction of sp³-hybridized carbons (Fsp3) is 0.923. The molecule has 0 radical (unpaired) electrons. The normalized spacial score (nSPS) is 26.9. The lowest BCUT2D eigenvalue weighted by molar-refractivity contribution is -0.129. The Bertz CT molecular complexity index is 246. The fourth-order valence-corrected chi connectivity index (χ4v) is 2.25. The molecule has 0 bridgehead atoms. The summed E-state index contributed by atoms with van der Waals surface area (Å²) in [6.45, 7) is 6.35. The summed E-state index contributed by atoms with van der Waals surface area (Å²) in [5.41, 5.74) is 0. The molecule has 1 aliphatic rings. The second-order valence-corrected chi connectivity index (χ2v) is 5.91. The molecule has 1 rings (SSSR count). The molecule has 0 aromatic rings. The summed E-state index contributed by atoms with van der Waals surface area (Å²) in [7, 11) is 0. The summed E-state index contributed by atoms with van der Waals surface area (Å²) >= 11 is 6.07. The van der Waals surface area contributed by atoms with Gasteiger partial charge in [0.05, 0.1) is 6.10 Å². The van der Waals surface area contributed by atoms with Crippen molar-refractivity contribution >= 4 is 17.5 Å². The number of amides is 1. The van der Waals surface area contributed by atoms with Crippen LogP contribution in [0.15, 0.2) is 0 Å². The van der Waals surface area contributed by atoms with Gasteiger partial charge in [0.25, 0.3) is 0 Å². The number of hydrogen-bond acceptors (Lipinski definition) is 2. The average Bonchev–Trinajstić information content (AvgIpc) is 2.26. The predicted molar refractivity (Wildman–Crippen MR) is 70.3 cm³/mol. The second kappa shape index (κ2) is 7.22. The number of hydrogen-bond donors (Lipinski definition) is 1. The molecule has 1 amide bonds. The van der Waals surface area contributed by atoms with Gasteiger partial charge in [-0.05, 0) is 38.5 Å². The number of nitrogens with one attached hydrogen (secondary N) is 1. The van der Waals surface area contributed by atoms with Crippen molar-refractivity contribution in [2.45, 2.75) is 64.0 Å². The molecule has 3 nitrogen and oxygen atoms in total. The number of halogens is 1. The van der Waals surface area contributed by atoms with Crippen LogP contribution in [-0.4, -0.2) is 30.0 Å². The highest BCUT2D eigenvalue weighted by atomic mass is 35.5. The summed E-state index contributed by atoms with van der Waals surface area (Å²) in [4.78, 5) is 11.6. The van der Waals surface area contributed by atoms with Crippen molar-refractivity contribution in [3.8, 4) is 0 Å². The van der Waals surface area contributed by atoms with Crippen LogP contribution < -0.4 is 5.32 Å². The van der Waals surface area contributed by atoms with E-state index in [1.165, 1.54) is 0 Å². The Balaban J connectivity index is 2.19. The Kier molecular flexibility index (Phi) is 6.28. The van der Waals surface area contributed by atoms with Crippen molar-refractivity contribution in [2.24, 2.45) is 5.92 Å². The van der Waals surface area contributed by atoms with Crippen molar-refractivity contribution < 1.29 is 9.53 Å². The van der Waals surface area contributed by atoms with Gasteiger partial charge in [0.2, 0.25) is 5.91 Å². The zero-order valence-corrected chi connectivity index (χ0v) is 11.8. The molecule has 4 heteroatoms. The van der Waals surface area contributed by atoms with Gasteiger partial charge in [0.15, 0.2) is 0 Å². The van der Waals surface area contributed by atoms with Crippen LogP contribution in [0.3, 0.4) is 0 Å². The van der Waals surface area contributed by atoms with E-state index in [-0.39, 0.29) is 30.0 Å². The first-order valence-electron chi connectivity index (χ1n) is 6.54. The van der Waals surface area contributed by atoms with E-state index in [0.717, 1.165) is 25.7 Å². The molecular formula is C13H24ClNO2. The molecule has 0 aromatic carbocycles. The Hall–Kier alpha value is -0.280. The molecule has 17 heavy (non-hydrogen) atoms. The van der Waals surface area contributed by atoms with Crippen LogP contribution in [0.1, 0.15) is 46.5 Å². The Morgan fingerprint density at radius 1 is 1.41 bits per heavy atom. The van der Waals surface area contributed by atoms with Gasteiger partial charge in [-0.2, -0.15) is 0 Å². The van der Waals surface area contributed by atoms with Crippen LogP contribution >= 0.6 is 11.6 Å². The van der Waals surface area contributed by atoms with E-state index in [1.54, 1.807) is 0 Å². The van der Waals surface area contributed by atoms with E-state index in [4.69, 9.17) is 16.3 Å². The molecule has 0 saturated heterocycles. The van der Waals surface area contributed by atoms with Crippen LogP contribution in [0.25, 0.3) is 0 Å². The zero-order valence-electron chi connectivity index (χ0n) is 11.0. The summed E-state index contributed by atoms with van der Waals surface area (Å²) < 4.78 is 5.60. The minimum Gasteiger partial charge on any atom is -0.368 e. The van der Waals surface area contributed by atoms with Crippen molar-refractivity contribution in [1.29, 1.82) is 0 Å². The monoisotopic (exact) mass is 261 g/mol. The molecule has 0 spiro atoms. The van der Waals surface area contributed by atoms with Gasteiger partial charge in [0, 0.05) is 11.4 Å². The van der Waals surface area contributed by atoms with E-state index in [9.17, 15) is 4.79 Å². The molecule has 0 heterocycles. The molecule has 100 valence electrons. The van der Waals surface area contributed by atoms with Crippen molar-refractivity contribution in [2.75, 3.05) is 6.61 Å². The van der Waals surface area contributed by atoms with E-state index in [1.807, 2.05) is 6.92 Å². The Labute approximate surface area is 109 Å². The standard InChI is InChI=1S/C13H24ClNO2/c1-9(2)10(3)15-13(16)8-17-12-6-4-5-11(14)7-12/h9-12H,4-8H2,1-3H3,(H,15,16)/t10-,11?,12?/m1/s1. The van der Waals surface area contributed by atoms with Crippen molar-refractivity contribution in [3.63, 3.8) is 0 Å². The van der Waals surface area contributed by atoms with E-state index in [2.05, 4.69) is 19.2 Å². The first-order valence-corrected chi connectivity index (χ1v) is 6.97. The van der Waals surface area contributed by atoms with Crippen LogP contribution in [-0.2, 0) is 9.53 Å². The fourth-order valence-electron chi connectivity index (χ4n) is 1.90. The minimum atomic E-state index is -0.0251. The van der Waals surface area contributed by atoms with Gasteiger partial charge >= 0.3 is 0 Å². The summed E-state index contributed by atoms with van der Waals surface area (Å²) in [5, 5.41) is 3.15. The average molecular weight is 262 g/mol. The third kappa shape index (κ3) is 5.73. The largest absolute Gasteiger partial charge is 0.368 e. The molecule has 1 aliphatic carbocycles. The minimum absolute atomic E-state index is 0.0251. The Morgan fingerprint density at radius 2 is 2.12 bits per heavy atom. The highest BCUT2D eigenvalue weighted by molar-refractivity contribution is 6.20. The third-order valence-corrected chi connectivity index (χ3v) is 3.80. The SMILES string of the molecule is CC(C)[C@@H](C)NC(=O)COC1CCCC(Cl)C1. The third-order valence-electron chi connectivity index (χ3n) is 3.40. The van der Waals surface area contributed by atoms with Gasteiger partial charge in [-0.15, -0.1) is 11.6 Å². The molecule has 1 saturated carbocycles. The van der Waals surface area contributed by atoms with Gasteiger partial charge in [-0.25, -0.2) is 0 Å². The van der Waals surface area contributed by atoms with Gasteiger partial charge in [0.1, 0.15) is 6.61 Å². The van der Waals surface area contributed by atoms with Crippen LogP contribution in [0.5, 0.6) is 0 Å². The number of ether oxygens (including phenoxy) is 1. The van der Waals surface area contributed by atoms with E-state index >= 15 is 0 Å². The number of carbonyl (C=O) groups excluding carboxylic acids is 1. The number of rotatable bonds is 5. The molecule has 1 fully saturated rings. The lowest BCUT2D eigenvalue weighted by Gasteiger charge is -2.25. The quantitative estimate of drug-likeness (QED) is 0.773. The summed E-state index contributed by atoms with van der Waals surface area (Å²) in [6, 6.07) is 0.193. The van der Waals surface area contributed by atoms with E-state index < -0.39 is 0 Å². The maximum Gasteiger partial charge on any atom is 0.246 e. The highest BCUT2D eigenvalue weighted by Gasteiger charge is 2.21. The Morgan fingerprint density at radius 3 is 2.71 bits per heavy atom. The number of alkyl halides is 1. The smallest absolute Gasteiger partial charge is 0.246 e. The maximum atomic E-state index is 11.6. The predicted octanol–water partition coefficient (Wildman–Crippen LogP) is 2.71. The molecule has 0 aromatic heterocycles. The highest BCUT2D eigenvalue weighted by Crippen LogP contribution is 2.24. The lowest BCUT2D eigenvalue weighted by atomic mass is 9.97. The molecular weight excluding hydrogens is 238 g/mol. The first kappa shape index (κ1) is 14.8. The van der Waals surface area contributed by atoms with E-state index in [0.29, 0.717) is 5.92 Å². The van der Waals surface area contributed by atoms with Crippen molar-refractivity contribution in [1.82, 2.24) is 5.32 Å². The topological polar surface area (TPSA) is 38.3 Å². The van der Waals surface area contributed by atoms with Gasteiger partial charge in [-0.3, -0.25) is 4.79 Å². The second-order valence-electron chi connectivity index (χ2n) is 5.30. The molecule has 3 atom stereocenters. The van der Waals surface area contributed by atoms with Gasteiger partial charge in [-0.1, -0.05) is 13.8 Å². The first-order chi connectivity index (χ1) is 7.99. The van der Waals surface area contributed by atoms with Crippen LogP contribution in [0.4, 0.5) is 0 Å². The summed E-state index contributed by atoms with van der Waals surface area (Å²) in [5.74, 6) is 0.420. The zero-order chi connectivity index (χ0) is 12.8. The van der Waals surface area contributed by atoms with Crippen molar-refractivity contribution in [3.05, 3.63) is 0 Å². The van der Waals surface area contributed by atoms with Crippen LogP contribution in [0, 0.1) is 5.92 Å².